The van der Waals surface area contributed by atoms with Crippen molar-refractivity contribution >= 4 is 17.7 Å². The summed E-state index contributed by atoms with van der Waals surface area (Å²) in [6.07, 6.45) is 4.86. The van der Waals surface area contributed by atoms with Crippen molar-refractivity contribution in [3.8, 4) is 18.1 Å². The second-order valence-electron chi connectivity index (χ2n) is 4.87. The number of nitrogens with two attached hydrogens (primary N) is 1. The number of amides is 4. The minimum atomic E-state index is -0.930. The van der Waals surface area contributed by atoms with Gasteiger partial charge in [0, 0.05) is 0 Å². The van der Waals surface area contributed by atoms with Gasteiger partial charge in [-0.2, -0.15) is 0 Å². The maximum atomic E-state index is 12.3. The fourth-order valence-corrected chi connectivity index (χ4v) is 1.95. The Hall–Kier alpha value is -2.72. The minimum Gasteiger partial charge on any atom is -0.481 e. The van der Waals surface area contributed by atoms with Gasteiger partial charge in [0.05, 0.1) is 17.8 Å². The molecule has 0 bridgehead atoms. The maximum absolute atomic E-state index is 12.3. The number of urea groups is 2. The van der Waals surface area contributed by atoms with Crippen LogP contribution >= 0.6 is 0 Å². The summed E-state index contributed by atoms with van der Waals surface area (Å²) in [5.74, 6) is 2.84. The number of carbonyl (C=O) groups is 2. The third-order valence-corrected chi connectivity index (χ3v) is 3.17. The second kappa shape index (κ2) is 8.66. The van der Waals surface area contributed by atoms with Crippen LogP contribution in [0.1, 0.15) is 20.3 Å². The molecule has 23 heavy (non-hydrogen) atoms. The summed E-state index contributed by atoms with van der Waals surface area (Å²) in [7, 11) is 0. The first-order valence-electron chi connectivity index (χ1n) is 7.15. The van der Waals surface area contributed by atoms with E-state index in [2.05, 4.69) is 11.2 Å². The van der Waals surface area contributed by atoms with Gasteiger partial charge in [-0.1, -0.05) is 12.8 Å². The van der Waals surface area contributed by atoms with E-state index in [0.29, 0.717) is 12.2 Å². The number of nitrogens with one attached hydrogen (secondary N) is 1. The molecule has 0 aliphatic carbocycles. The summed E-state index contributed by atoms with van der Waals surface area (Å²) in [6, 6.07) is 4.05. The van der Waals surface area contributed by atoms with Crippen molar-refractivity contribution in [1.82, 2.24) is 5.32 Å². The van der Waals surface area contributed by atoms with Gasteiger partial charge in [-0.3, -0.25) is 0 Å². The van der Waals surface area contributed by atoms with Gasteiger partial charge in [0.15, 0.2) is 0 Å². The molecule has 7 nitrogen and oxygen atoms in total. The van der Waals surface area contributed by atoms with Gasteiger partial charge in [-0.25, -0.2) is 14.5 Å². The summed E-state index contributed by atoms with van der Waals surface area (Å²) in [5, 5.41) is 12.2. The topological polar surface area (TPSA) is 105 Å². The molecule has 124 valence electrons. The lowest BCUT2D eigenvalue weighted by atomic mass is 10.1. The molecule has 0 radical (unpaired) electrons. The average molecular weight is 319 g/mol. The number of ether oxygens (including phenoxy) is 1. The fraction of sp³-hybridized carbons (Fsp3) is 0.375. The van der Waals surface area contributed by atoms with E-state index in [1.54, 1.807) is 19.1 Å². The number of hydrogen-bond acceptors (Lipinski definition) is 4. The van der Waals surface area contributed by atoms with E-state index in [-0.39, 0.29) is 12.3 Å². The van der Waals surface area contributed by atoms with Gasteiger partial charge in [0.2, 0.25) is 0 Å². The van der Waals surface area contributed by atoms with Crippen LogP contribution in [0.15, 0.2) is 24.3 Å². The van der Waals surface area contributed by atoms with Crippen LogP contribution in [0.4, 0.5) is 15.3 Å². The number of nitrogens with zero attached hydrogens (tertiary/aromatic N) is 1. The molecule has 7 heteroatoms. The van der Waals surface area contributed by atoms with Crippen LogP contribution in [-0.2, 0) is 0 Å². The van der Waals surface area contributed by atoms with Gasteiger partial charge >= 0.3 is 12.1 Å². The Balaban J connectivity index is 2.91. The van der Waals surface area contributed by atoms with Crippen molar-refractivity contribution < 1.29 is 19.4 Å². The molecule has 2 atom stereocenters. The van der Waals surface area contributed by atoms with Gasteiger partial charge in [-0.15, -0.1) is 6.42 Å². The Bertz CT molecular complexity index is 578. The lowest BCUT2D eigenvalue weighted by Gasteiger charge is -2.25. The molecule has 0 aliphatic rings. The standard InChI is InChI=1S/C16H21N3O4/c1-4-10-23-13-8-6-12(7-9-13)19(15(17)21)16(22)18-14(5-2)11(3)20/h1,6-9,11,14,20H,5,10H2,2-3H3,(H2,17,21)(H,18,22). The summed E-state index contributed by atoms with van der Waals surface area (Å²) >= 11 is 0. The Morgan fingerprint density at radius 1 is 1.43 bits per heavy atom. The lowest BCUT2D eigenvalue weighted by Crippen LogP contribution is -2.52. The molecule has 4 amide bonds. The Kier molecular flexibility index (Phi) is 6.90. The van der Waals surface area contributed by atoms with Gasteiger partial charge in [0.25, 0.3) is 0 Å². The SMILES string of the molecule is C#CCOc1ccc(N(C(N)=O)C(=O)NC(CC)C(C)O)cc1. The van der Waals surface area contributed by atoms with Crippen LogP contribution < -0.4 is 20.7 Å². The number of imide groups is 1. The van der Waals surface area contributed by atoms with Crippen LogP contribution in [0.2, 0.25) is 0 Å². The Morgan fingerprint density at radius 2 is 2.04 bits per heavy atom. The molecule has 1 aromatic carbocycles. The largest absolute Gasteiger partial charge is 0.481 e. The van der Waals surface area contributed by atoms with Crippen molar-refractivity contribution in [1.29, 1.82) is 0 Å². The molecule has 0 aliphatic heterocycles. The zero-order chi connectivity index (χ0) is 17.4. The summed E-state index contributed by atoms with van der Waals surface area (Å²) < 4.78 is 5.22. The van der Waals surface area contributed by atoms with E-state index in [9.17, 15) is 14.7 Å². The first-order valence-corrected chi connectivity index (χ1v) is 7.15. The van der Waals surface area contributed by atoms with Crippen LogP contribution in [-0.4, -0.2) is 35.9 Å². The van der Waals surface area contributed by atoms with Gasteiger partial charge in [-0.05, 0) is 37.6 Å². The third kappa shape index (κ3) is 5.20. The van der Waals surface area contributed by atoms with Crippen molar-refractivity contribution in [3.05, 3.63) is 24.3 Å². The van der Waals surface area contributed by atoms with E-state index in [0.717, 1.165) is 4.90 Å². The smallest absolute Gasteiger partial charge is 0.330 e. The number of anilines is 1. The monoisotopic (exact) mass is 319 g/mol. The number of aliphatic hydroxyl groups excluding tert-OH is 1. The quantitative estimate of drug-likeness (QED) is 0.690. The molecule has 0 saturated heterocycles. The molecule has 0 aromatic heterocycles. The van der Waals surface area contributed by atoms with Gasteiger partial charge < -0.3 is 20.9 Å². The van der Waals surface area contributed by atoms with Crippen molar-refractivity contribution in [2.24, 2.45) is 5.73 Å². The zero-order valence-electron chi connectivity index (χ0n) is 13.2. The van der Waals surface area contributed by atoms with E-state index in [1.807, 2.05) is 6.92 Å². The number of rotatable bonds is 6. The lowest BCUT2D eigenvalue weighted by molar-refractivity contribution is 0.144. The Labute approximate surface area is 135 Å². The van der Waals surface area contributed by atoms with E-state index in [1.165, 1.54) is 12.1 Å². The highest BCUT2D eigenvalue weighted by molar-refractivity contribution is 6.13. The van der Waals surface area contributed by atoms with E-state index < -0.39 is 24.2 Å². The van der Waals surface area contributed by atoms with Crippen LogP contribution in [0.3, 0.4) is 0 Å². The number of carbonyl (C=O) groups excluding carboxylic acids is 2. The number of aliphatic hydroxyl groups is 1. The summed E-state index contributed by atoms with van der Waals surface area (Å²) in [6.45, 7) is 3.48. The first kappa shape index (κ1) is 18.3. The number of benzene rings is 1. The molecule has 1 rings (SSSR count). The molecule has 0 fully saturated rings. The number of primary amides is 1. The summed E-state index contributed by atoms with van der Waals surface area (Å²) in [4.78, 5) is 24.7. The predicted molar refractivity (Wildman–Crippen MR) is 87.1 cm³/mol. The molecular formula is C16H21N3O4. The summed E-state index contributed by atoms with van der Waals surface area (Å²) in [5.41, 5.74) is 5.57. The van der Waals surface area contributed by atoms with Crippen molar-refractivity contribution in [2.45, 2.75) is 32.4 Å². The third-order valence-electron chi connectivity index (χ3n) is 3.17. The molecule has 0 heterocycles. The fourth-order valence-electron chi connectivity index (χ4n) is 1.95. The number of hydrogen-bond donors (Lipinski definition) is 3. The Morgan fingerprint density at radius 3 is 2.48 bits per heavy atom. The number of terminal acetylenes is 1. The predicted octanol–water partition coefficient (Wildman–Crippen LogP) is 1.45. The molecule has 0 spiro atoms. The van der Waals surface area contributed by atoms with Crippen LogP contribution in [0.25, 0.3) is 0 Å². The average Bonchev–Trinajstić information content (AvgIpc) is 2.51. The van der Waals surface area contributed by atoms with E-state index >= 15 is 0 Å². The highest BCUT2D eigenvalue weighted by Gasteiger charge is 2.24. The van der Waals surface area contributed by atoms with Gasteiger partial charge in [0.1, 0.15) is 12.4 Å². The van der Waals surface area contributed by atoms with Crippen molar-refractivity contribution in [2.75, 3.05) is 11.5 Å². The maximum Gasteiger partial charge on any atom is 0.330 e. The molecule has 2 unspecified atom stereocenters. The first-order chi connectivity index (χ1) is 10.9. The normalized spacial score (nSPS) is 12.6. The zero-order valence-corrected chi connectivity index (χ0v) is 13.2. The van der Waals surface area contributed by atoms with E-state index in [4.69, 9.17) is 16.9 Å². The molecule has 0 saturated carbocycles. The van der Waals surface area contributed by atoms with Crippen molar-refractivity contribution in [3.63, 3.8) is 0 Å². The second-order valence-corrected chi connectivity index (χ2v) is 4.87. The molecule has 4 N–H and O–H groups in total. The van der Waals surface area contributed by atoms with Crippen LogP contribution in [0, 0.1) is 12.3 Å². The van der Waals surface area contributed by atoms with Crippen LogP contribution in [0.5, 0.6) is 5.75 Å². The molecular weight excluding hydrogens is 298 g/mol. The highest BCUT2D eigenvalue weighted by Crippen LogP contribution is 2.20. The minimum absolute atomic E-state index is 0.117. The highest BCUT2D eigenvalue weighted by atomic mass is 16.5. The molecule has 1 aromatic rings.